The lowest BCUT2D eigenvalue weighted by atomic mass is 10.2. The normalized spacial score (nSPS) is 9.71. The Morgan fingerprint density at radius 2 is 1.86 bits per heavy atom. The third kappa shape index (κ3) is 3.67. The molecule has 0 aliphatic carbocycles. The highest BCUT2D eigenvalue weighted by atomic mass is 24.3. The van der Waals surface area contributed by atoms with Crippen LogP contribution in [0.3, 0.4) is 0 Å². The molecule has 0 unspecified atom stereocenters. The van der Waals surface area contributed by atoms with Gasteiger partial charge in [0.15, 0.2) is 11.5 Å². The maximum atomic E-state index is 10.1. The van der Waals surface area contributed by atoms with Crippen molar-refractivity contribution in [2.75, 3.05) is 0 Å². The van der Waals surface area contributed by atoms with E-state index in [4.69, 9.17) is 15.3 Å². The van der Waals surface area contributed by atoms with Gasteiger partial charge < -0.3 is 15.3 Å². The predicted molar refractivity (Wildman–Crippen MR) is 55.0 cm³/mol. The van der Waals surface area contributed by atoms with Crippen LogP contribution < -0.4 is 0 Å². The number of carbonyl (C=O) groups is 1. The number of carboxylic acid groups (broad SMARTS) is 1. The number of carboxylic acids is 1. The molecule has 0 saturated carbocycles. The van der Waals surface area contributed by atoms with Gasteiger partial charge in [0.1, 0.15) is 0 Å². The molecule has 1 rings (SSSR count). The van der Waals surface area contributed by atoms with E-state index in [-0.39, 0.29) is 34.6 Å². The summed E-state index contributed by atoms with van der Waals surface area (Å²) in [6.45, 7) is 0. The van der Waals surface area contributed by atoms with E-state index in [1.54, 1.807) is 0 Å². The van der Waals surface area contributed by atoms with Gasteiger partial charge in [0.05, 0.1) is 0 Å². The molecule has 1 aromatic carbocycles. The van der Waals surface area contributed by atoms with Crippen molar-refractivity contribution in [2.24, 2.45) is 0 Å². The maximum Gasteiger partial charge on any atom is 0.328 e. The smallest absolute Gasteiger partial charge is 0.328 e. The molecule has 14 heavy (non-hydrogen) atoms. The summed E-state index contributed by atoms with van der Waals surface area (Å²) < 4.78 is 0. The van der Waals surface area contributed by atoms with Crippen LogP contribution in [0.1, 0.15) is 5.56 Å². The summed E-state index contributed by atoms with van der Waals surface area (Å²) >= 11 is 0. The van der Waals surface area contributed by atoms with Crippen LogP contribution in [-0.4, -0.2) is 44.3 Å². The SMILES string of the molecule is O=C(O)C=Cc1ccc(O)c(O)c1.[MgH2]. The Balaban J connectivity index is 0.00000169. The first-order valence-corrected chi connectivity index (χ1v) is 3.52. The largest absolute Gasteiger partial charge is 0.504 e. The number of rotatable bonds is 2. The summed E-state index contributed by atoms with van der Waals surface area (Å²) in [4.78, 5) is 10.1. The van der Waals surface area contributed by atoms with Crippen molar-refractivity contribution in [3.8, 4) is 11.5 Å². The maximum absolute atomic E-state index is 10.1. The molecule has 0 fully saturated rings. The molecule has 0 spiro atoms. The van der Waals surface area contributed by atoms with Crippen LogP contribution in [0.5, 0.6) is 11.5 Å². The predicted octanol–water partition coefficient (Wildman–Crippen LogP) is 0.279. The lowest BCUT2D eigenvalue weighted by Crippen LogP contribution is -1.85. The average molecular weight is 206 g/mol. The molecule has 3 N–H and O–H groups in total. The molecular formula is C9H10MgO4. The van der Waals surface area contributed by atoms with Gasteiger partial charge in [0.25, 0.3) is 0 Å². The van der Waals surface area contributed by atoms with E-state index >= 15 is 0 Å². The Labute approximate surface area is 96.7 Å². The fraction of sp³-hybridized carbons (Fsp3) is 0. The number of hydrogen-bond donors (Lipinski definition) is 3. The van der Waals surface area contributed by atoms with E-state index in [0.29, 0.717) is 5.56 Å². The Morgan fingerprint density at radius 1 is 1.21 bits per heavy atom. The van der Waals surface area contributed by atoms with Crippen molar-refractivity contribution >= 4 is 35.1 Å². The van der Waals surface area contributed by atoms with Crippen LogP contribution in [0.15, 0.2) is 24.3 Å². The number of aliphatic carboxylic acids is 1. The van der Waals surface area contributed by atoms with Gasteiger partial charge in [-0.25, -0.2) is 4.79 Å². The highest BCUT2D eigenvalue weighted by Gasteiger charge is 1.97. The summed E-state index contributed by atoms with van der Waals surface area (Å²) in [5, 5.41) is 26.3. The van der Waals surface area contributed by atoms with Gasteiger partial charge >= 0.3 is 29.0 Å². The van der Waals surface area contributed by atoms with Crippen LogP contribution in [-0.2, 0) is 4.79 Å². The summed E-state index contributed by atoms with van der Waals surface area (Å²) in [5.74, 6) is -1.56. The van der Waals surface area contributed by atoms with Crippen molar-refractivity contribution in [3.63, 3.8) is 0 Å². The molecule has 0 radical (unpaired) electrons. The number of phenols is 2. The molecule has 0 atom stereocenters. The molecule has 0 bridgehead atoms. The second-order valence-corrected chi connectivity index (χ2v) is 2.42. The minimum Gasteiger partial charge on any atom is -0.504 e. The molecule has 0 aromatic heterocycles. The van der Waals surface area contributed by atoms with E-state index in [1.807, 2.05) is 0 Å². The van der Waals surface area contributed by atoms with Crippen LogP contribution in [0, 0.1) is 0 Å². The zero-order valence-electron chi connectivity index (χ0n) is 6.64. The fourth-order valence-corrected chi connectivity index (χ4v) is 0.812. The second-order valence-electron chi connectivity index (χ2n) is 2.42. The topological polar surface area (TPSA) is 77.8 Å². The Bertz CT molecular complexity index is 360. The summed E-state index contributed by atoms with van der Waals surface area (Å²) in [6.07, 6.45) is 2.27. The van der Waals surface area contributed by atoms with E-state index in [1.165, 1.54) is 24.3 Å². The number of hydrogen-bond acceptors (Lipinski definition) is 3. The van der Waals surface area contributed by atoms with Gasteiger partial charge in [-0.1, -0.05) is 6.07 Å². The summed E-state index contributed by atoms with van der Waals surface area (Å²) in [7, 11) is 0. The standard InChI is InChI=1S/C9H8O4.Mg.2H/c10-7-3-1-6(5-8(7)11)2-4-9(12)13;;;/h1-5,10-11H,(H,12,13);;;. The fourth-order valence-electron chi connectivity index (χ4n) is 0.812. The van der Waals surface area contributed by atoms with Gasteiger partial charge in [0, 0.05) is 6.08 Å². The van der Waals surface area contributed by atoms with E-state index in [9.17, 15) is 4.79 Å². The van der Waals surface area contributed by atoms with Crippen molar-refractivity contribution in [1.29, 1.82) is 0 Å². The van der Waals surface area contributed by atoms with E-state index in [0.717, 1.165) is 6.08 Å². The lowest BCUT2D eigenvalue weighted by Gasteiger charge is -1.97. The van der Waals surface area contributed by atoms with Crippen LogP contribution >= 0.6 is 0 Å². The van der Waals surface area contributed by atoms with E-state index < -0.39 is 5.97 Å². The van der Waals surface area contributed by atoms with Crippen LogP contribution in [0.2, 0.25) is 0 Å². The third-order valence-electron chi connectivity index (χ3n) is 1.42. The Kier molecular flexibility index (Phi) is 5.04. The number of benzene rings is 1. The van der Waals surface area contributed by atoms with Gasteiger partial charge in [0.2, 0.25) is 0 Å². The molecule has 1 aromatic rings. The van der Waals surface area contributed by atoms with Crippen LogP contribution in [0.25, 0.3) is 6.08 Å². The average Bonchev–Trinajstić information content (AvgIpc) is 2.07. The minimum atomic E-state index is -1.06. The quantitative estimate of drug-likeness (QED) is 0.369. The Morgan fingerprint density at radius 3 is 2.36 bits per heavy atom. The molecule has 0 aliphatic heterocycles. The zero-order chi connectivity index (χ0) is 9.84. The molecule has 72 valence electrons. The minimum absolute atomic E-state index is 0. The first kappa shape index (κ1) is 12.8. The van der Waals surface area contributed by atoms with Crippen molar-refractivity contribution < 1.29 is 20.1 Å². The van der Waals surface area contributed by atoms with Gasteiger partial charge in [-0.2, -0.15) is 0 Å². The lowest BCUT2D eigenvalue weighted by molar-refractivity contribution is -0.131. The zero-order valence-corrected chi connectivity index (χ0v) is 6.64. The second kappa shape index (κ2) is 5.51. The third-order valence-corrected chi connectivity index (χ3v) is 1.42. The van der Waals surface area contributed by atoms with Crippen molar-refractivity contribution in [1.82, 2.24) is 0 Å². The number of aromatic hydroxyl groups is 2. The molecule has 0 aliphatic rings. The summed E-state index contributed by atoms with van der Waals surface area (Å²) in [6, 6.07) is 4.06. The molecule has 0 heterocycles. The first-order valence-electron chi connectivity index (χ1n) is 3.52. The molecular weight excluding hydrogens is 196 g/mol. The monoisotopic (exact) mass is 206 g/mol. The number of phenolic OH excluding ortho intramolecular Hbond substituents is 2. The molecule has 4 nitrogen and oxygen atoms in total. The molecule has 0 saturated heterocycles. The van der Waals surface area contributed by atoms with Gasteiger partial charge in [-0.05, 0) is 23.8 Å². The van der Waals surface area contributed by atoms with E-state index in [2.05, 4.69) is 0 Å². The molecule has 5 heteroatoms. The van der Waals surface area contributed by atoms with Gasteiger partial charge in [-0.15, -0.1) is 0 Å². The van der Waals surface area contributed by atoms with Crippen molar-refractivity contribution in [2.45, 2.75) is 0 Å². The van der Waals surface area contributed by atoms with Crippen molar-refractivity contribution in [3.05, 3.63) is 29.8 Å². The summed E-state index contributed by atoms with van der Waals surface area (Å²) in [5.41, 5.74) is 0.512. The first-order chi connectivity index (χ1) is 6.09. The van der Waals surface area contributed by atoms with Gasteiger partial charge in [-0.3, -0.25) is 0 Å². The Hall–Kier alpha value is -1.20. The highest BCUT2D eigenvalue weighted by molar-refractivity contribution is 5.85. The highest BCUT2D eigenvalue weighted by Crippen LogP contribution is 2.25. The molecule has 0 amide bonds. The van der Waals surface area contributed by atoms with Crippen LogP contribution in [0.4, 0.5) is 0 Å².